The molecule has 22 heavy (non-hydrogen) atoms. The molecule has 0 spiro atoms. The van der Waals surface area contributed by atoms with Crippen LogP contribution in [0.3, 0.4) is 0 Å². The summed E-state index contributed by atoms with van der Waals surface area (Å²) in [6.45, 7) is 7.39. The Bertz CT molecular complexity index is 488. The molecule has 2 rings (SSSR count). The highest BCUT2D eigenvalue weighted by Crippen LogP contribution is 2.21. The number of nitrogens with zero attached hydrogens (tertiary/aromatic N) is 1. The zero-order chi connectivity index (χ0) is 16.5. The van der Waals surface area contributed by atoms with E-state index in [-0.39, 0.29) is 13.2 Å². The Labute approximate surface area is 132 Å². The summed E-state index contributed by atoms with van der Waals surface area (Å²) in [5.41, 5.74) is 1.07. The molecule has 0 aliphatic carbocycles. The third-order valence-electron chi connectivity index (χ3n) is 4.42. The van der Waals surface area contributed by atoms with E-state index in [1.807, 2.05) is 4.90 Å². The van der Waals surface area contributed by atoms with Crippen molar-refractivity contribution in [3.8, 4) is 0 Å². The van der Waals surface area contributed by atoms with Crippen LogP contribution in [-0.2, 0) is 6.54 Å². The van der Waals surface area contributed by atoms with Gasteiger partial charge in [-0.25, -0.2) is 0 Å². The minimum Gasteiger partial charge on any atom is -0.395 e. The maximum Gasteiger partial charge on any atom is 0.109 e. The van der Waals surface area contributed by atoms with Gasteiger partial charge in [0.2, 0.25) is 0 Å². The van der Waals surface area contributed by atoms with E-state index in [9.17, 15) is 20.4 Å². The molecule has 0 saturated carbocycles. The largest absolute Gasteiger partial charge is 0.395 e. The zero-order valence-electron chi connectivity index (χ0n) is 13.5. The fourth-order valence-electron chi connectivity index (χ4n) is 2.90. The second-order valence-electron chi connectivity index (χ2n) is 7.17. The Morgan fingerprint density at radius 1 is 1.05 bits per heavy atom. The van der Waals surface area contributed by atoms with Crippen molar-refractivity contribution in [2.24, 2.45) is 0 Å². The van der Waals surface area contributed by atoms with Crippen LogP contribution in [0.15, 0.2) is 24.3 Å². The average molecular weight is 325 g/mol. The van der Waals surface area contributed by atoms with E-state index < -0.39 is 32.4 Å². The summed E-state index contributed by atoms with van der Waals surface area (Å²) < 4.78 is 0. The molecule has 0 amide bonds. The highest BCUT2D eigenvalue weighted by atomic mass is 28.3. The summed E-state index contributed by atoms with van der Waals surface area (Å²) in [6, 6.07) is 7.84. The van der Waals surface area contributed by atoms with Crippen LogP contribution in [-0.4, -0.2) is 70.9 Å². The molecule has 1 saturated heterocycles. The fourth-order valence-corrected chi connectivity index (χ4v) is 4.07. The summed E-state index contributed by atoms with van der Waals surface area (Å²) in [7, 11) is -1.33. The Hall–Kier alpha value is -0.763. The Balaban J connectivity index is 2.11. The van der Waals surface area contributed by atoms with Gasteiger partial charge in [0.05, 0.1) is 26.8 Å². The normalized spacial score (nSPS) is 30.5. The number of benzene rings is 1. The van der Waals surface area contributed by atoms with Crippen LogP contribution in [0.4, 0.5) is 0 Å². The monoisotopic (exact) mass is 325 g/mol. The van der Waals surface area contributed by atoms with Crippen molar-refractivity contribution in [1.29, 1.82) is 0 Å². The quantitative estimate of drug-likeness (QED) is 0.561. The first kappa shape index (κ1) is 17.6. The van der Waals surface area contributed by atoms with Gasteiger partial charge in [-0.3, -0.25) is 4.90 Å². The summed E-state index contributed by atoms with van der Waals surface area (Å²) in [5, 5.41) is 40.4. The van der Waals surface area contributed by atoms with Gasteiger partial charge >= 0.3 is 0 Å². The number of aliphatic hydroxyl groups is 4. The molecule has 1 heterocycles. The molecule has 1 aromatic carbocycles. The van der Waals surface area contributed by atoms with Gasteiger partial charge in [-0.15, -0.1) is 0 Å². The van der Waals surface area contributed by atoms with Crippen molar-refractivity contribution in [1.82, 2.24) is 4.90 Å². The van der Waals surface area contributed by atoms with E-state index in [4.69, 9.17) is 0 Å². The molecule has 4 atom stereocenters. The number of hydrogen-bond acceptors (Lipinski definition) is 5. The molecular weight excluding hydrogens is 298 g/mol. The lowest BCUT2D eigenvalue weighted by molar-refractivity contribution is -0.147. The molecule has 1 aliphatic rings. The second kappa shape index (κ2) is 6.78. The first-order chi connectivity index (χ1) is 10.2. The van der Waals surface area contributed by atoms with Gasteiger partial charge in [-0.1, -0.05) is 49.1 Å². The van der Waals surface area contributed by atoms with Crippen LogP contribution >= 0.6 is 0 Å². The molecule has 0 radical (unpaired) electrons. The number of rotatable bonds is 4. The van der Waals surface area contributed by atoms with Gasteiger partial charge in [0.15, 0.2) is 0 Å². The summed E-state index contributed by atoms with van der Waals surface area (Å²) in [4.78, 5) is 1.82. The SMILES string of the molecule is C[Si](C)(C)c1ccc(CN2C[C@H](O)[C@@H](O)[C@H](O)C2CO)cc1. The number of piperidine rings is 1. The third kappa shape index (κ3) is 3.76. The molecular formula is C16H27NO4Si. The Morgan fingerprint density at radius 2 is 1.64 bits per heavy atom. The van der Waals surface area contributed by atoms with E-state index in [0.29, 0.717) is 6.54 Å². The van der Waals surface area contributed by atoms with Crippen LogP contribution < -0.4 is 5.19 Å². The predicted molar refractivity (Wildman–Crippen MR) is 88.7 cm³/mol. The number of aliphatic hydroxyl groups excluding tert-OH is 4. The maximum absolute atomic E-state index is 10.0. The first-order valence-corrected chi connectivity index (χ1v) is 11.2. The van der Waals surface area contributed by atoms with Gasteiger partial charge < -0.3 is 20.4 Å². The molecule has 1 aliphatic heterocycles. The molecule has 124 valence electrons. The van der Waals surface area contributed by atoms with Crippen LogP contribution in [0.5, 0.6) is 0 Å². The summed E-state index contributed by atoms with van der Waals surface area (Å²) in [6.07, 6.45) is -3.35. The predicted octanol–water partition coefficient (Wildman–Crippen LogP) is -0.509. The van der Waals surface area contributed by atoms with E-state index in [1.54, 1.807) is 0 Å². The Kier molecular flexibility index (Phi) is 5.42. The highest BCUT2D eigenvalue weighted by Gasteiger charge is 2.40. The first-order valence-electron chi connectivity index (χ1n) is 7.72. The molecule has 1 unspecified atom stereocenters. The van der Waals surface area contributed by atoms with Crippen LogP contribution in [0.25, 0.3) is 0 Å². The van der Waals surface area contributed by atoms with Gasteiger partial charge in [-0.2, -0.15) is 0 Å². The third-order valence-corrected chi connectivity index (χ3v) is 6.49. The summed E-state index contributed by atoms with van der Waals surface area (Å²) in [5.74, 6) is 0. The summed E-state index contributed by atoms with van der Waals surface area (Å²) >= 11 is 0. The Morgan fingerprint density at radius 3 is 2.14 bits per heavy atom. The van der Waals surface area contributed by atoms with Crippen LogP contribution in [0.2, 0.25) is 19.6 Å². The lowest BCUT2D eigenvalue weighted by atomic mass is 9.94. The number of β-amino-alcohol motifs (C(OH)–C–C–N with tert-alkyl or cyclic N) is 1. The molecule has 5 nitrogen and oxygen atoms in total. The van der Waals surface area contributed by atoms with Crippen LogP contribution in [0.1, 0.15) is 5.56 Å². The fraction of sp³-hybridized carbons (Fsp3) is 0.625. The molecule has 1 aromatic rings. The maximum atomic E-state index is 10.0. The van der Waals surface area contributed by atoms with Crippen molar-refractivity contribution in [3.63, 3.8) is 0 Å². The van der Waals surface area contributed by atoms with Crippen molar-refractivity contribution < 1.29 is 20.4 Å². The smallest absolute Gasteiger partial charge is 0.109 e. The lowest BCUT2D eigenvalue weighted by Gasteiger charge is -2.43. The molecule has 0 aromatic heterocycles. The topological polar surface area (TPSA) is 84.2 Å². The zero-order valence-corrected chi connectivity index (χ0v) is 14.5. The highest BCUT2D eigenvalue weighted by molar-refractivity contribution is 6.88. The molecule has 1 fully saturated rings. The second-order valence-corrected chi connectivity index (χ2v) is 12.3. The molecule has 6 heteroatoms. The van der Waals surface area contributed by atoms with E-state index in [1.165, 1.54) is 5.19 Å². The van der Waals surface area contributed by atoms with Crippen LogP contribution in [0, 0.1) is 0 Å². The standard InChI is InChI=1S/C16H27NO4Si/c1-22(2,3)12-6-4-11(5-7-12)8-17-9-14(19)16(21)15(20)13(17)10-18/h4-7,13-16,18-21H,8-10H2,1-3H3/t13?,14-,15+,16+/m0/s1. The average Bonchev–Trinajstić information content (AvgIpc) is 2.45. The van der Waals surface area contributed by atoms with E-state index in [2.05, 4.69) is 43.9 Å². The van der Waals surface area contributed by atoms with Gasteiger partial charge in [0.25, 0.3) is 0 Å². The van der Waals surface area contributed by atoms with Crippen molar-refractivity contribution >= 4 is 13.3 Å². The molecule has 0 bridgehead atoms. The minimum absolute atomic E-state index is 0.235. The minimum atomic E-state index is -1.33. The molecule has 4 N–H and O–H groups in total. The van der Waals surface area contributed by atoms with Crippen molar-refractivity contribution in [2.45, 2.75) is 50.5 Å². The number of hydrogen-bond donors (Lipinski definition) is 4. The number of likely N-dealkylation sites (tertiary alicyclic amines) is 1. The lowest BCUT2D eigenvalue weighted by Crippen LogP contribution is -2.62. The van der Waals surface area contributed by atoms with Gasteiger partial charge in [0, 0.05) is 13.1 Å². The van der Waals surface area contributed by atoms with Crippen molar-refractivity contribution in [3.05, 3.63) is 29.8 Å². The van der Waals surface area contributed by atoms with E-state index >= 15 is 0 Å². The van der Waals surface area contributed by atoms with Crippen molar-refractivity contribution in [2.75, 3.05) is 13.2 Å². The van der Waals surface area contributed by atoms with Gasteiger partial charge in [-0.05, 0) is 5.56 Å². The van der Waals surface area contributed by atoms with E-state index in [0.717, 1.165) is 5.56 Å². The van der Waals surface area contributed by atoms with Gasteiger partial charge in [0.1, 0.15) is 12.2 Å².